The second-order valence-corrected chi connectivity index (χ2v) is 5.94. The van der Waals surface area contributed by atoms with Crippen molar-refractivity contribution in [3.8, 4) is 11.4 Å². The van der Waals surface area contributed by atoms with E-state index in [1.165, 1.54) is 0 Å². The minimum Gasteiger partial charge on any atom is -0.351 e. The van der Waals surface area contributed by atoms with E-state index in [-0.39, 0.29) is 5.91 Å². The topological polar surface area (TPSA) is 99.3 Å². The van der Waals surface area contributed by atoms with Gasteiger partial charge in [-0.2, -0.15) is 5.10 Å². The van der Waals surface area contributed by atoms with Crippen LogP contribution >= 0.6 is 0 Å². The Hall–Kier alpha value is -3.48. The van der Waals surface area contributed by atoms with Gasteiger partial charge in [0.25, 0.3) is 5.91 Å². The molecule has 7 heteroatoms. The molecule has 7 nitrogen and oxygen atoms in total. The van der Waals surface area contributed by atoms with Gasteiger partial charge in [0, 0.05) is 19.2 Å². The van der Waals surface area contributed by atoms with Gasteiger partial charge < -0.3 is 10.3 Å². The lowest BCUT2D eigenvalue weighted by Crippen LogP contribution is -2.25. The molecule has 0 atom stereocenters. The SMILES string of the molecule is O=C(NCCCc1nc2ccccc2[nH]1)c1cc(-c2ccccn2)n[nH]1. The molecule has 0 fully saturated rings. The summed E-state index contributed by atoms with van der Waals surface area (Å²) in [5, 5.41) is 9.80. The quantitative estimate of drug-likeness (QED) is 0.467. The molecule has 3 heterocycles. The number of hydrogen-bond acceptors (Lipinski definition) is 4. The zero-order chi connectivity index (χ0) is 17.8. The maximum Gasteiger partial charge on any atom is 0.269 e. The second kappa shape index (κ2) is 7.18. The number of fused-ring (bicyclic) bond motifs is 1. The third-order valence-corrected chi connectivity index (χ3v) is 4.06. The Labute approximate surface area is 149 Å². The van der Waals surface area contributed by atoms with Crippen LogP contribution < -0.4 is 5.32 Å². The van der Waals surface area contributed by atoms with E-state index >= 15 is 0 Å². The number of carbonyl (C=O) groups is 1. The monoisotopic (exact) mass is 346 g/mol. The Morgan fingerprint density at radius 2 is 1.96 bits per heavy atom. The molecule has 3 N–H and O–H groups in total. The van der Waals surface area contributed by atoms with Crippen molar-refractivity contribution in [2.24, 2.45) is 0 Å². The average Bonchev–Trinajstić information content (AvgIpc) is 3.32. The number of nitrogens with zero attached hydrogens (tertiary/aromatic N) is 3. The summed E-state index contributed by atoms with van der Waals surface area (Å²) < 4.78 is 0. The first-order valence-electron chi connectivity index (χ1n) is 8.48. The first-order valence-corrected chi connectivity index (χ1v) is 8.48. The van der Waals surface area contributed by atoms with Crippen molar-refractivity contribution >= 4 is 16.9 Å². The molecule has 0 bridgehead atoms. The summed E-state index contributed by atoms with van der Waals surface area (Å²) in [7, 11) is 0. The number of pyridine rings is 1. The molecular formula is C19H18N6O. The predicted molar refractivity (Wildman–Crippen MR) is 98.6 cm³/mol. The molecule has 26 heavy (non-hydrogen) atoms. The lowest BCUT2D eigenvalue weighted by molar-refractivity contribution is 0.0948. The van der Waals surface area contributed by atoms with Crippen molar-refractivity contribution < 1.29 is 4.79 Å². The van der Waals surface area contributed by atoms with Crippen LogP contribution in [0.15, 0.2) is 54.7 Å². The highest BCUT2D eigenvalue weighted by Gasteiger charge is 2.11. The number of H-pyrrole nitrogens is 2. The number of aromatic nitrogens is 5. The van der Waals surface area contributed by atoms with Crippen LogP contribution in [0.25, 0.3) is 22.4 Å². The number of hydrogen-bond donors (Lipinski definition) is 3. The predicted octanol–water partition coefficient (Wildman–Crippen LogP) is 2.71. The normalized spacial score (nSPS) is 10.9. The van der Waals surface area contributed by atoms with Gasteiger partial charge in [0.15, 0.2) is 0 Å². The molecule has 4 aromatic rings. The van der Waals surface area contributed by atoms with Crippen molar-refractivity contribution in [1.29, 1.82) is 0 Å². The van der Waals surface area contributed by atoms with Gasteiger partial charge in [-0.3, -0.25) is 14.9 Å². The Bertz CT molecular complexity index is 988. The van der Waals surface area contributed by atoms with Gasteiger partial charge in [-0.1, -0.05) is 18.2 Å². The Morgan fingerprint density at radius 1 is 1.08 bits per heavy atom. The molecule has 0 aliphatic carbocycles. The van der Waals surface area contributed by atoms with Gasteiger partial charge in [-0.15, -0.1) is 0 Å². The number of nitrogens with one attached hydrogen (secondary N) is 3. The summed E-state index contributed by atoms with van der Waals surface area (Å²) in [4.78, 5) is 24.3. The minimum atomic E-state index is -0.177. The maximum absolute atomic E-state index is 12.2. The smallest absolute Gasteiger partial charge is 0.269 e. The fraction of sp³-hybridized carbons (Fsp3) is 0.158. The molecule has 130 valence electrons. The molecule has 1 aromatic carbocycles. The van der Waals surface area contributed by atoms with Crippen LogP contribution in [0.2, 0.25) is 0 Å². The van der Waals surface area contributed by atoms with Crippen LogP contribution in [0.5, 0.6) is 0 Å². The zero-order valence-corrected chi connectivity index (χ0v) is 14.1. The fourth-order valence-corrected chi connectivity index (χ4v) is 2.76. The number of amides is 1. The summed E-state index contributed by atoms with van der Waals surface area (Å²) in [6, 6.07) is 15.2. The first kappa shape index (κ1) is 16.0. The highest BCUT2D eigenvalue weighted by molar-refractivity contribution is 5.93. The van der Waals surface area contributed by atoms with Crippen LogP contribution in [0.1, 0.15) is 22.7 Å². The average molecular weight is 346 g/mol. The van der Waals surface area contributed by atoms with Gasteiger partial charge in [0.2, 0.25) is 0 Å². The third-order valence-electron chi connectivity index (χ3n) is 4.06. The van der Waals surface area contributed by atoms with Crippen LogP contribution in [-0.2, 0) is 6.42 Å². The van der Waals surface area contributed by atoms with E-state index in [0.717, 1.165) is 35.4 Å². The standard InChI is InChI=1S/C19H18N6O/c26-19(17-12-16(24-25-17)13-6-3-4-10-20-13)21-11-5-9-18-22-14-7-1-2-8-15(14)23-18/h1-4,6-8,10,12H,5,9,11H2,(H,21,26)(H,22,23)(H,24,25). The zero-order valence-electron chi connectivity index (χ0n) is 14.1. The Balaban J connectivity index is 1.29. The number of rotatable bonds is 6. The van der Waals surface area contributed by atoms with Crippen molar-refractivity contribution in [1.82, 2.24) is 30.5 Å². The number of aromatic amines is 2. The summed E-state index contributed by atoms with van der Waals surface area (Å²) in [5.41, 5.74) is 3.80. The summed E-state index contributed by atoms with van der Waals surface area (Å²) in [6.45, 7) is 0.563. The molecular weight excluding hydrogens is 328 g/mol. The van der Waals surface area contributed by atoms with Crippen molar-refractivity contribution in [3.05, 3.63) is 66.2 Å². The lowest BCUT2D eigenvalue weighted by atomic mass is 10.2. The van der Waals surface area contributed by atoms with Crippen molar-refractivity contribution in [2.75, 3.05) is 6.54 Å². The second-order valence-electron chi connectivity index (χ2n) is 5.94. The molecule has 1 amide bonds. The van der Waals surface area contributed by atoms with Gasteiger partial charge in [0.1, 0.15) is 17.2 Å². The van der Waals surface area contributed by atoms with Crippen LogP contribution in [0.3, 0.4) is 0 Å². The maximum atomic E-state index is 12.2. The van der Waals surface area contributed by atoms with E-state index < -0.39 is 0 Å². The van der Waals surface area contributed by atoms with E-state index in [9.17, 15) is 4.79 Å². The molecule has 0 saturated carbocycles. The van der Waals surface area contributed by atoms with E-state index in [2.05, 4.69) is 30.5 Å². The van der Waals surface area contributed by atoms with Gasteiger partial charge in [0.05, 0.1) is 16.7 Å². The molecule has 0 spiro atoms. The first-order chi connectivity index (χ1) is 12.8. The number of benzene rings is 1. The van der Waals surface area contributed by atoms with Gasteiger partial charge in [-0.05, 0) is 36.8 Å². The minimum absolute atomic E-state index is 0.177. The number of aryl methyl sites for hydroxylation is 1. The molecule has 0 saturated heterocycles. The van der Waals surface area contributed by atoms with Crippen molar-refractivity contribution in [3.63, 3.8) is 0 Å². The van der Waals surface area contributed by atoms with E-state index in [1.807, 2.05) is 42.5 Å². The van der Waals surface area contributed by atoms with Gasteiger partial charge >= 0.3 is 0 Å². The molecule has 0 unspecified atom stereocenters. The number of imidazole rings is 1. The van der Waals surface area contributed by atoms with E-state index in [4.69, 9.17) is 0 Å². The molecule has 0 radical (unpaired) electrons. The lowest BCUT2D eigenvalue weighted by Gasteiger charge is -2.02. The van der Waals surface area contributed by atoms with E-state index in [0.29, 0.717) is 17.9 Å². The number of para-hydroxylation sites is 2. The van der Waals surface area contributed by atoms with Gasteiger partial charge in [-0.25, -0.2) is 4.98 Å². The summed E-state index contributed by atoms with van der Waals surface area (Å²) in [5.74, 6) is 0.753. The van der Waals surface area contributed by atoms with Crippen LogP contribution in [-0.4, -0.2) is 37.6 Å². The van der Waals surface area contributed by atoms with Crippen LogP contribution in [0, 0.1) is 0 Å². The molecule has 3 aromatic heterocycles. The number of carbonyl (C=O) groups excluding carboxylic acids is 1. The summed E-state index contributed by atoms with van der Waals surface area (Å²) in [6.07, 6.45) is 3.27. The third kappa shape index (κ3) is 3.46. The van der Waals surface area contributed by atoms with E-state index in [1.54, 1.807) is 12.3 Å². The fourth-order valence-electron chi connectivity index (χ4n) is 2.76. The largest absolute Gasteiger partial charge is 0.351 e. The molecule has 0 aliphatic rings. The molecule has 0 aliphatic heterocycles. The van der Waals surface area contributed by atoms with Crippen LogP contribution in [0.4, 0.5) is 0 Å². The Morgan fingerprint density at radius 3 is 2.81 bits per heavy atom. The highest BCUT2D eigenvalue weighted by atomic mass is 16.1. The summed E-state index contributed by atoms with van der Waals surface area (Å²) >= 11 is 0. The molecule has 4 rings (SSSR count). The Kier molecular flexibility index (Phi) is 4.42. The highest BCUT2D eigenvalue weighted by Crippen LogP contribution is 2.14. The van der Waals surface area contributed by atoms with Crippen molar-refractivity contribution in [2.45, 2.75) is 12.8 Å².